The lowest BCUT2D eigenvalue weighted by atomic mass is 9.44. The Bertz CT molecular complexity index is 466. The topological polar surface area (TPSA) is 60.7 Å². The van der Waals surface area contributed by atoms with Gasteiger partial charge in [-0.1, -0.05) is 13.8 Å². The Morgan fingerprint density at radius 2 is 1.65 bits per heavy atom. The molecule has 0 unspecified atom stereocenters. The quantitative estimate of drug-likeness (QED) is 0.695. The highest BCUT2D eigenvalue weighted by Crippen LogP contribution is 2.66. The first-order valence-corrected chi connectivity index (χ1v) is 9.87. The van der Waals surface area contributed by atoms with Gasteiger partial charge >= 0.3 is 0 Å². The lowest BCUT2D eigenvalue weighted by Crippen LogP contribution is -2.56. The number of hydrogen-bond acceptors (Lipinski definition) is 3. The van der Waals surface area contributed by atoms with Gasteiger partial charge < -0.3 is 15.3 Å². The van der Waals surface area contributed by atoms with E-state index < -0.39 is 0 Å². The zero-order chi connectivity index (χ0) is 16.4. The van der Waals surface area contributed by atoms with Gasteiger partial charge in [0, 0.05) is 12.5 Å². The second kappa shape index (κ2) is 5.44. The molecule has 0 aromatic heterocycles. The standard InChI is InChI=1S/C20H34O3/c1-19-8-7-16-14(15(19)5-6-18(19)23)4-3-13-9-17(22)12(11-21)10-20(13,16)2/h12-18,21-23H,3-11H2,1-2H3/t12-,13-,14-,15-,16-,17+,18-,19-,20-/m0/s1. The van der Waals surface area contributed by atoms with Crippen molar-refractivity contribution in [3.8, 4) is 0 Å². The normalized spacial score (nSPS) is 59.1. The monoisotopic (exact) mass is 322 g/mol. The summed E-state index contributed by atoms with van der Waals surface area (Å²) in [4.78, 5) is 0. The maximum atomic E-state index is 10.5. The largest absolute Gasteiger partial charge is 0.396 e. The Labute approximate surface area is 140 Å². The average molecular weight is 322 g/mol. The zero-order valence-corrected chi connectivity index (χ0v) is 14.7. The predicted molar refractivity (Wildman–Crippen MR) is 89.7 cm³/mol. The third-order valence-corrected chi connectivity index (χ3v) is 9.02. The van der Waals surface area contributed by atoms with Gasteiger partial charge in [0.15, 0.2) is 0 Å². The minimum Gasteiger partial charge on any atom is -0.396 e. The number of rotatable bonds is 1. The van der Waals surface area contributed by atoms with Gasteiger partial charge in [0.1, 0.15) is 0 Å². The van der Waals surface area contributed by atoms with Crippen LogP contribution in [0.4, 0.5) is 0 Å². The van der Waals surface area contributed by atoms with Crippen molar-refractivity contribution in [2.45, 2.75) is 77.4 Å². The second-order valence-electron chi connectivity index (χ2n) is 9.74. The maximum absolute atomic E-state index is 10.5. The van der Waals surface area contributed by atoms with E-state index in [1.54, 1.807) is 0 Å². The summed E-state index contributed by atoms with van der Waals surface area (Å²) < 4.78 is 0. The number of fused-ring (bicyclic) bond motifs is 5. The van der Waals surface area contributed by atoms with Gasteiger partial charge in [-0.3, -0.25) is 0 Å². The van der Waals surface area contributed by atoms with Gasteiger partial charge in [-0.25, -0.2) is 0 Å². The SMILES string of the molecule is C[C@]12C[C@@H](CO)[C@H](O)C[C@@H]1CC[C@@H]1[C@@H]2CC[C@]2(C)[C@@H](O)CC[C@@H]12. The summed E-state index contributed by atoms with van der Waals surface area (Å²) in [6.45, 7) is 4.92. The van der Waals surface area contributed by atoms with E-state index in [2.05, 4.69) is 13.8 Å². The first-order chi connectivity index (χ1) is 10.9. The van der Waals surface area contributed by atoms with E-state index in [-0.39, 0.29) is 35.6 Å². The van der Waals surface area contributed by atoms with E-state index in [1.165, 1.54) is 25.7 Å². The summed E-state index contributed by atoms with van der Waals surface area (Å²) in [5.74, 6) is 2.86. The summed E-state index contributed by atoms with van der Waals surface area (Å²) in [7, 11) is 0. The van der Waals surface area contributed by atoms with Crippen molar-refractivity contribution >= 4 is 0 Å². The minimum absolute atomic E-state index is 0.0671. The second-order valence-corrected chi connectivity index (χ2v) is 9.74. The predicted octanol–water partition coefficient (Wildman–Crippen LogP) is 2.97. The molecule has 0 spiro atoms. The summed E-state index contributed by atoms with van der Waals surface area (Å²) in [5, 5.41) is 30.6. The summed E-state index contributed by atoms with van der Waals surface area (Å²) in [5.41, 5.74) is 0.430. The minimum atomic E-state index is -0.309. The molecule has 3 heteroatoms. The number of aliphatic hydroxyl groups excluding tert-OH is 3. The molecule has 4 rings (SSSR count). The van der Waals surface area contributed by atoms with Crippen molar-refractivity contribution in [3.63, 3.8) is 0 Å². The Balaban J connectivity index is 1.62. The van der Waals surface area contributed by atoms with E-state index in [4.69, 9.17) is 0 Å². The molecule has 0 radical (unpaired) electrons. The molecular formula is C20H34O3. The highest BCUT2D eigenvalue weighted by molar-refractivity contribution is 5.10. The van der Waals surface area contributed by atoms with E-state index >= 15 is 0 Å². The molecule has 4 aliphatic carbocycles. The van der Waals surface area contributed by atoms with Crippen molar-refractivity contribution in [1.82, 2.24) is 0 Å². The first-order valence-electron chi connectivity index (χ1n) is 9.87. The molecule has 0 saturated heterocycles. The summed E-state index contributed by atoms with van der Waals surface area (Å²) in [6, 6.07) is 0. The van der Waals surface area contributed by atoms with Crippen LogP contribution < -0.4 is 0 Å². The molecule has 0 amide bonds. The van der Waals surface area contributed by atoms with Crippen molar-refractivity contribution in [2.75, 3.05) is 6.61 Å². The van der Waals surface area contributed by atoms with Gasteiger partial charge in [0.05, 0.1) is 12.2 Å². The third-order valence-electron chi connectivity index (χ3n) is 9.02. The molecule has 0 aliphatic heterocycles. The molecule has 0 aromatic carbocycles. The van der Waals surface area contributed by atoms with E-state index in [0.29, 0.717) is 11.8 Å². The molecule has 4 fully saturated rings. The van der Waals surface area contributed by atoms with Gasteiger partial charge in [-0.2, -0.15) is 0 Å². The van der Waals surface area contributed by atoms with Crippen molar-refractivity contribution < 1.29 is 15.3 Å². The van der Waals surface area contributed by atoms with Crippen LogP contribution >= 0.6 is 0 Å². The van der Waals surface area contributed by atoms with E-state index in [9.17, 15) is 15.3 Å². The maximum Gasteiger partial charge on any atom is 0.0596 e. The first kappa shape index (κ1) is 16.4. The molecule has 3 nitrogen and oxygen atoms in total. The molecule has 3 N–H and O–H groups in total. The summed E-state index contributed by atoms with van der Waals surface area (Å²) >= 11 is 0. The smallest absolute Gasteiger partial charge is 0.0596 e. The Kier molecular flexibility index (Phi) is 3.87. The Morgan fingerprint density at radius 3 is 2.39 bits per heavy atom. The van der Waals surface area contributed by atoms with Crippen LogP contribution in [-0.4, -0.2) is 34.1 Å². The zero-order valence-electron chi connectivity index (χ0n) is 14.7. The van der Waals surface area contributed by atoms with Crippen LogP contribution in [0, 0.1) is 40.4 Å². The molecule has 0 bridgehead atoms. The summed E-state index contributed by atoms with van der Waals surface area (Å²) in [6.07, 6.45) is 8.56. The van der Waals surface area contributed by atoms with Crippen LogP contribution in [0.3, 0.4) is 0 Å². The van der Waals surface area contributed by atoms with Crippen LogP contribution in [0.25, 0.3) is 0 Å². The van der Waals surface area contributed by atoms with Gasteiger partial charge in [0.25, 0.3) is 0 Å². The molecule has 4 saturated carbocycles. The van der Waals surface area contributed by atoms with Crippen molar-refractivity contribution in [2.24, 2.45) is 40.4 Å². The van der Waals surface area contributed by atoms with Crippen LogP contribution in [-0.2, 0) is 0 Å². The highest BCUT2D eigenvalue weighted by Gasteiger charge is 2.60. The molecule has 4 aliphatic rings. The van der Waals surface area contributed by atoms with Crippen molar-refractivity contribution in [3.05, 3.63) is 0 Å². The number of hydrogen-bond donors (Lipinski definition) is 3. The third kappa shape index (κ3) is 2.19. The van der Waals surface area contributed by atoms with E-state index in [1.807, 2.05) is 0 Å². The van der Waals surface area contributed by atoms with Crippen LogP contribution in [0.5, 0.6) is 0 Å². The number of aliphatic hydroxyl groups is 3. The van der Waals surface area contributed by atoms with Crippen LogP contribution in [0.15, 0.2) is 0 Å². The fourth-order valence-electron chi connectivity index (χ4n) is 7.58. The Morgan fingerprint density at radius 1 is 0.913 bits per heavy atom. The van der Waals surface area contributed by atoms with Gasteiger partial charge in [0.2, 0.25) is 0 Å². The highest BCUT2D eigenvalue weighted by atomic mass is 16.3. The van der Waals surface area contributed by atoms with Gasteiger partial charge in [-0.05, 0) is 85.9 Å². The van der Waals surface area contributed by atoms with Crippen LogP contribution in [0.1, 0.15) is 65.2 Å². The fraction of sp³-hybridized carbons (Fsp3) is 1.00. The Hall–Kier alpha value is -0.120. The lowest BCUT2D eigenvalue weighted by Gasteiger charge is -2.61. The molecule has 0 heterocycles. The molecule has 132 valence electrons. The lowest BCUT2D eigenvalue weighted by molar-refractivity contribution is -0.152. The molecule has 23 heavy (non-hydrogen) atoms. The molecule has 0 aromatic rings. The molecule has 9 atom stereocenters. The van der Waals surface area contributed by atoms with Crippen LogP contribution in [0.2, 0.25) is 0 Å². The fourth-order valence-corrected chi connectivity index (χ4v) is 7.58. The van der Waals surface area contributed by atoms with Crippen molar-refractivity contribution in [1.29, 1.82) is 0 Å². The molecular weight excluding hydrogens is 288 g/mol. The van der Waals surface area contributed by atoms with E-state index in [0.717, 1.165) is 37.5 Å². The van der Waals surface area contributed by atoms with Gasteiger partial charge in [-0.15, -0.1) is 0 Å². The average Bonchev–Trinajstić information content (AvgIpc) is 2.83.